The third-order valence-electron chi connectivity index (χ3n) is 6.70. The molecule has 0 bridgehead atoms. The molecule has 3 heterocycles. The average Bonchev–Trinajstić information content (AvgIpc) is 3.35. The number of hydrogen-bond acceptors (Lipinski definition) is 6. The Morgan fingerprint density at radius 1 is 1.20 bits per heavy atom. The van der Waals surface area contributed by atoms with Gasteiger partial charge < -0.3 is 15.5 Å². The standard InChI is InChI=1S/C23H22F5N5OS/c1-29-20(34)18-16(24)4-12(5-17(18)25)32-13-7-22(8-13)2-3-33(10-22)19-15-6-14(9-23(26,27)28)35-21(15)31-11-30-19/h4-6,11,13,32H,2-3,7-10H2,1H3,(H,29,34). The van der Waals surface area contributed by atoms with Gasteiger partial charge in [-0.2, -0.15) is 13.2 Å². The fraction of sp³-hybridized carbons (Fsp3) is 0.435. The summed E-state index contributed by atoms with van der Waals surface area (Å²) in [5.74, 6) is -2.04. The molecule has 1 saturated heterocycles. The van der Waals surface area contributed by atoms with E-state index < -0.39 is 35.7 Å². The summed E-state index contributed by atoms with van der Waals surface area (Å²) in [4.78, 5) is 23.0. The van der Waals surface area contributed by atoms with Crippen molar-refractivity contribution in [2.45, 2.75) is 37.9 Å². The Labute approximate surface area is 201 Å². The smallest absolute Gasteiger partial charge is 0.382 e. The van der Waals surface area contributed by atoms with E-state index >= 15 is 0 Å². The summed E-state index contributed by atoms with van der Waals surface area (Å²) >= 11 is 1.03. The second kappa shape index (κ2) is 8.58. The van der Waals surface area contributed by atoms with Crippen LogP contribution in [0.2, 0.25) is 0 Å². The van der Waals surface area contributed by atoms with Crippen molar-refractivity contribution >= 4 is 39.0 Å². The second-order valence-corrected chi connectivity index (χ2v) is 10.4. The molecule has 1 aliphatic carbocycles. The first-order chi connectivity index (χ1) is 16.6. The van der Waals surface area contributed by atoms with Crippen molar-refractivity contribution in [2.75, 3.05) is 30.4 Å². The number of benzene rings is 1. The van der Waals surface area contributed by atoms with E-state index in [-0.39, 0.29) is 22.0 Å². The topological polar surface area (TPSA) is 70.2 Å². The van der Waals surface area contributed by atoms with E-state index in [1.807, 2.05) is 0 Å². The van der Waals surface area contributed by atoms with Crippen molar-refractivity contribution in [1.82, 2.24) is 15.3 Å². The molecular formula is C23H22F5N5OS. The lowest BCUT2D eigenvalue weighted by molar-refractivity contribution is -0.126. The summed E-state index contributed by atoms with van der Waals surface area (Å²) < 4.78 is 67.0. The predicted molar refractivity (Wildman–Crippen MR) is 123 cm³/mol. The summed E-state index contributed by atoms with van der Waals surface area (Å²) in [6.07, 6.45) is -1.45. The number of nitrogens with zero attached hydrogens (tertiary/aromatic N) is 3. The van der Waals surface area contributed by atoms with Crippen LogP contribution in [0.1, 0.15) is 34.5 Å². The van der Waals surface area contributed by atoms with E-state index in [1.54, 1.807) is 0 Å². The Kier molecular flexibility index (Phi) is 5.81. The Balaban J connectivity index is 1.25. The third kappa shape index (κ3) is 4.63. The van der Waals surface area contributed by atoms with Crippen molar-refractivity contribution in [2.24, 2.45) is 5.41 Å². The van der Waals surface area contributed by atoms with Gasteiger partial charge in [-0.25, -0.2) is 18.7 Å². The van der Waals surface area contributed by atoms with Crippen LogP contribution >= 0.6 is 11.3 Å². The van der Waals surface area contributed by atoms with Gasteiger partial charge in [0.15, 0.2) is 0 Å². The maximum atomic E-state index is 14.3. The summed E-state index contributed by atoms with van der Waals surface area (Å²) in [5.41, 5.74) is -0.341. The van der Waals surface area contributed by atoms with Crippen LogP contribution in [-0.4, -0.2) is 48.2 Å². The molecule has 1 saturated carbocycles. The number of carbonyl (C=O) groups excluding carboxylic acids is 1. The number of fused-ring (bicyclic) bond motifs is 1. The number of rotatable bonds is 5. The fourth-order valence-corrected chi connectivity index (χ4v) is 6.22. The van der Waals surface area contributed by atoms with Gasteiger partial charge in [0.05, 0.1) is 11.8 Å². The molecule has 0 atom stereocenters. The minimum Gasteiger partial charge on any atom is -0.382 e. The van der Waals surface area contributed by atoms with E-state index in [2.05, 4.69) is 25.5 Å². The van der Waals surface area contributed by atoms with Gasteiger partial charge in [0.1, 0.15) is 34.2 Å². The monoisotopic (exact) mass is 511 g/mol. The zero-order chi connectivity index (χ0) is 25.0. The van der Waals surface area contributed by atoms with Crippen molar-refractivity contribution in [3.63, 3.8) is 0 Å². The lowest BCUT2D eigenvalue weighted by atomic mass is 9.65. The molecule has 5 rings (SSSR count). The Hall–Kier alpha value is -3.02. The van der Waals surface area contributed by atoms with Crippen molar-refractivity contribution in [1.29, 1.82) is 0 Å². The minimum absolute atomic E-state index is 0.00110. The van der Waals surface area contributed by atoms with E-state index in [1.165, 1.54) is 19.4 Å². The largest absolute Gasteiger partial charge is 0.393 e. The molecule has 6 nitrogen and oxygen atoms in total. The number of thiophene rings is 1. The van der Waals surface area contributed by atoms with E-state index in [0.29, 0.717) is 29.1 Å². The highest BCUT2D eigenvalue weighted by atomic mass is 32.1. The zero-order valence-electron chi connectivity index (χ0n) is 18.7. The van der Waals surface area contributed by atoms with Crippen molar-refractivity contribution in [3.8, 4) is 0 Å². The highest BCUT2D eigenvalue weighted by Gasteiger charge is 2.49. The first kappa shape index (κ1) is 23.7. The number of aromatic nitrogens is 2. The van der Waals surface area contributed by atoms with Crippen LogP contribution in [0.15, 0.2) is 24.5 Å². The number of halogens is 5. The lowest BCUT2D eigenvalue weighted by Crippen LogP contribution is -2.46. The van der Waals surface area contributed by atoms with Gasteiger partial charge in [-0.3, -0.25) is 4.79 Å². The van der Waals surface area contributed by atoms with Gasteiger partial charge in [-0.1, -0.05) is 0 Å². The van der Waals surface area contributed by atoms with Gasteiger partial charge in [0, 0.05) is 36.7 Å². The Bertz CT molecular complexity index is 1260. The molecular weight excluding hydrogens is 489 g/mol. The highest BCUT2D eigenvalue weighted by molar-refractivity contribution is 7.18. The van der Waals surface area contributed by atoms with Crippen LogP contribution in [0, 0.1) is 17.0 Å². The van der Waals surface area contributed by atoms with Gasteiger partial charge in [-0.05, 0) is 42.9 Å². The summed E-state index contributed by atoms with van der Waals surface area (Å²) in [5, 5.41) is 5.99. The minimum atomic E-state index is -4.28. The summed E-state index contributed by atoms with van der Waals surface area (Å²) in [6, 6.07) is 3.79. The first-order valence-corrected chi connectivity index (χ1v) is 11.9. The number of alkyl halides is 3. The molecule has 0 unspecified atom stereocenters. The van der Waals surface area contributed by atoms with Crippen LogP contribution in [-0.2, 0) is 6.42 Å². The van der Waals surface area contributed by atoms with Gasteiger partial charge in [0.2, 0.25) is 0 Å². The molecule has 12 heteroatoms. The van der Waals surface area contributed by atoms with E-state index in [0.717, 1.165) is 42.7 Å². The molecule has 35 heavy (non-hydrogen) atoms. The number of hydrogen-bond donors (Lipinski definition) is 2. The van der Waals surface area contributed by atoms with Crippen molar-refractivity contribution in [3.05, 3.63) is 46.6 Å². The number of anilines is 2. The lowest BCUT2D eigenvalue weighted by Gasteiger charge is -2.46. The average molecular weight is 512 g/mol. The van der Waals surface area contributed by atoms with Crippen LogP contribution in [0.4, 0.5) is 33.5 Å². The van der Waals surface area contributed by atoms with Crippen LogP contribution in [0.5, 0.6) is 0 Å². The SMILES string of the molecule is CNC(=O)c1c(F)cc(NC2CC3(CCN(c4ncnc5sc(CC(F)(F)F)cc45)C3)C2)cc1F. The van der Waals surface area contributed by atoms with Crippen molar-refractivity contribution < 1.29 is 26.7 Å². The molecule has 1 aromatic carbocycles. The maximum Gasteiger partial charge on any atom is 0.393 e. The first-order valence-electron chi connectivity index (χ1n) is 11.1. The highest BCUT2D eigenvalue weighted by Crippen LogP contribution is 2.50. The maximum absolute atomic E-state index is 14.3. The van der Waals surface area contributed by atoms with Gasteiger partial charge in [-0.15, -0.1) is 11.3 Å². The number of nitrogens with one attached hydrogen (secondary N) is 2. The van der Waals surface area contributed by atoms with Crippen LogP contribution < -0.4 is 15.5 Å². The molecule has 1 spiro atoms. The molecule has 3 aromatic rings. The zero-order valence-corrected chi connectivity index (χ0v) is 19.5. The predicted octanol–water partition coefficient (Wildman–Crippen LogP) is 4.90. The molecule has 1 aliphatic heterocycles. The Morgan fingerprint density at radius 3 is 2.57 bits per heavy atom. The van der Waals surface area contributed by atoms with Gasteiger partial charge in [0.25, 0.3) is 5.91 Å². The third-order valence-corrected chi connectivity index (χ3v) is 7.74. The fourth-order valence-electron chi connectivity index (χ4n) is 5.20. The van der Waals surface area contributed by atoms with Crippen LogP contribution in [0.3, 0.4) is 0 Å². The Morgan fingerprint density at radius 2 is 1.91 bits per heavy atom. The molecule has 2 N–H and O–H groups in total. The quantitative estimate of drug-likeness (QED) is 0.477. The molecule has 0 radical (unpaired) electrons. The summed E-state index contributed by atoms with van der Waals surface area (Å²) in [6.45, 7) is 1.41. The number of carbonyl (C=O) groups is 1. The molecule has 2 aromatic heterocycles. The van der Waals surface area contributed by atoms with Gasteiger partial charge >= 0.3 is 6.18 Å². The van der Waals surface area contributed by atoms with Crippen LogP contribution in [0.25, 0.3) is 10.2 Å². The van der Waals surface area contributed by atoms with E-state index in [9.17, 15) is 26.7 Å². The molecule has 1 amide bonds. The summed E-state index contributed by atoms with van der Waals surface area (Å²) in [7, 11) is 1.30. The normalized spacial score (nSPS) is 22.0. The molecule has 2 aliphatic rings. The molecule has 2 fully saturated rings. The van der Waals surface area contributed by atoms with E-state index in [4.69, 9.17) is 0 Å². The molecule has 186 valence electrons. The second-order valence-electron chi connectivity index (χ2n) is 9.24. The number of amides is 1.